The van der Waals surface area contributed by atoms with Crippen LogP contribution in [0.25, 0.3) is 0 Å². The van der Waals surface area contributed by atoms with Crippen LogP contribution in [0.1, 0.15) is 50.2 Å². The first-order valence-electron chi connectivity index (χ1n) is 7.57. The van der Waals surface area contributed by atoms with Crippen LogP contribution in [-0.4, -0.2) is 17.3 Å². The largest absolute Gasteiger partial charge is 0.354 e. The van der Waals surface area contributed by atoms with Crippen LogP contribution in [0.4, 0.5) is 0 Å². The number of rotatable bonds is 5. The Hall–Kier alpha value is -0.830. The minimum Gasteiger partial charge on any atom is -0.354 e. The topological polar surface area (TPSA) is 29.1 Å². The number of halogens is 1. The fourth-order valence-electron chi connectivity index (χ4n) is 2.96. The molecular weight excluding hydrogens is 314 g/mol. The van der Waals surface area contributed by atoms with Crippen LogP contribution in [0.5, 0.6) is 0 Å². The summed E-state index contributed by atoms with van der Waals surface area (Å²) in [6.07, 6.45) is 4.27. The zero-order chi connectivity index (χ0) is 14.5. The molecule has 20 heavy (non-hydrogen) atoms. The van der Waals surface area contributed by atoms with E-state index in [1.54, 1.807) is 0 Å². The highest BCUT2D eigenvalue weighted by atomic mass is 79.9. The van der Waals surface area contributed by atoms with E-state index in [-0.39, 0.29) is 11.8 Å². The highest BCUT2D eigenvalue weighted by Crippen LogP contribution is 2.31. The van der Waals surface area contributed by atoms with Crippen LogP contribution >= 0.6 is 15.9 Å². The lowest BCUT2D eigenvalue weighted by Gasteiger charge is -2.25. The van der Waals surface area contributed by atoms with Gasteiger partial charge in [-0.25, -0.2) is 0 Å². The van der Waals surface area contributed by atoms with Gasteiger partial charge in [-0.3, -0.25) is 4.79 Å². The minimum atomic E-state index is 0.0405. The summed E-state index contributed by atoms with van der Waals surface area (Å²) in [6, 6.07) is 8.37. The standard InChI is InChI=1S/C17H24BrNO/c1-12(2)10-14(18)11-19-17(20)16-9-5-7-13-6-3-4-8-15(13)16/h3-4,6,8,12,14,16H,5,7,9-11H2,1-2H3,(H,19,20). The fourth-order valence-corrected chi connectivity index (χ4v) is 3.87. The minimum absolute atomic E-state index is 0.0405. The van der Waals surface area contributed by atoms with E-state index in [2.05, 4.69) is 53.3 Å². The van der Waals surface area contributed by atoms with Gasteiger partial charge in [-0.05, 0) is 42.7 Å². The summed E-state index contributed by atoms with van der Waals surface area (Å²) in [4.78, 5) is 12.8. The van der Waals surface area contributed by atoms with Crippen LogP contribution in [0.15, 0.2) is 24.3 Å². The van der Waals surface area contributed by atoms with E-state index in [9.17, 15) is 4.79 Å². The van der Waals surface area contributed by atoms with Crippen molar-refractivity contribution >= 4 is 21.8 Å². The van der Waals surface area contributed by atoms with Gasteiger partial charge < -0.3 is 5.32 Å². The Morgan fingerprint density at radius 3 is 2.90 bits per heavy atom. The van der Waals surface area contributed by atoms with E-state index >= 15 is 0 Å². The molecule has 1 aliphatic carbocycles. The maximum absolute atomic E-state index is 12.4. The number of carbonyl (C=O) groups excluding carboxylic acids is 1. The summed E-state index contributed by atoms with van der Waals surface area (Å²) in [5, 5.41) is 3.11. The number of fused-ring (bicyclic) bond motifs is 1. The van der Waals surface area contributed by atoms with E-state index in [0.717, 1.165) is 32.2 Å². The third kappa shape index (κ3) is 4.08. The molecule has 0 saturated heterocycles. The Morgan fingerprint density at radius 1 is 1.40 bits per heavy atom. The van der Waals surface area contributed by atoms with Gasteiger partial charge in [-0.15, -0.1) is 0 Å². The van der Waals surface area contributed by atoms with Crippen molar-refractivity contribution < 1.29 is 4.79 Å². The number of nitrogens with one attached hydrogen (secondary N) is 1. The molecule has 0 saturated carbocycles. The number of hydrogen-bond donors (Lipinski definition) is 1. The van der Waals surface area contributed by atoms with Gasteiger partial charge in [0, 0.05) is 11.4 Å². The molecule has 2 nitrogen and oxygen atoms in total. The fraction of sp³-hybridized carbons (Fsp3) is 0.588. The molecular formula is C17H24BrNO. The number of hydrogen-bond acceptors (Lipinski definition) is 1. The van der Waals surface area contributed by atoms with E-state index in [1.807, 2.05) is 6.07 Å². The van der Waals surface area contributed by atoms with Crippen molar-refractivity contribution in [2.24, 2.45) is 5.92 Å². The summed E-state index contributed by atoms with van der Waals surface area (Å²) in [6.45, 7) is 5.12. The molecule has 1 amide bonds. The van der Waals surface area contributed by atoms with Gasteiger partial charge in [0.05, 0.1) is 5.92 Å². The molecule has 2 atom stereocenters. The number of alkyl halides is 1. The van der Waals surface area contributed by atoms with Gasteiger partial charge in [0.15, 0.2) is 0 Å². The van der Waals surface area contributed by atoms with E-state index in [4.69, 9.17) is 0 Å². The number of aryl methyl sites for hydroxylation is 1. The first-order chi connectivity index (χ1) is 9.58. The quantitative estimate of drug-likeness (QED) is 0.807. The van der Waals surface area contributed by atoms with Crippen molar-refractivity contribution in [3.8, 4) is 0 Å². The van der Waals surface area contributed by atoms with Crippen molar-refractivity contribution in [3.05, 3.63) is 35.4 Å². The van der Waals surface area contributed by atoms with Crippen LogP contribution in [0.2, 0.25) is 0 Å². The molecule has 1 aromatic carbocycles. The Bertz CT molecular complexity index is 458. The molecule has 0 bridgehead atoms. The summed E-state index contributed by atoms with van der Waals surface area (Å²) < 4.78 is 0. The second-order valence-corrected chi connectivity index (χ2v) is 7.41. The molecule has 2 unspecified atom stereocenters. The second kappa shape index (κ2) is 7.26. The molecule has 110 valence electrons. The van der Waals surface area contributed by atoms with Crippen LogP contribution in [-0.2, 0) is 11.2 Å². The maximum Gasteiger partial charge on any atom is 0.227 e. The van der Waals surface area contributed by atoms with Crippen molar-refractivity contribution in [2.45, 2.75) is 50.3 Å². The number of benzene rings is 1. The predicted octanol–water partition coefficient (Wildman–Crippen LogP) is 4.03. The van der Waals surface area contributed by atoms with E-state index in [0.29, 0.717) is 10.7 Å². The molecule has 1 aromatic rings. The SMILES string of the molecule is CC(C)CC(Br)CNC(=O)C1CCCc2ccccc21. The van der Waals surface area contributed by atoms with Crippen molar-refractivity contribution in [1.29, 1.82) is 0 Å². The van der Waals surface area contributed by atoms with Crippen LogP contribution in [0, 0.1) is 5.92 Å². The lowest BCUT2D eigenvalue weighted by Crippen LogP contribution is -2.35. The summed E-state index contributed by atoms with van der Waals surface area (Å²) >= 11 is 3.65. The van der Waals surface area contributed by atoms with Gasteiger partial charge in [0.2, 0.25) is 5.91 Å². The summed E-state index contributed by atoms with van der Waals surface area (Å²) in [7, 11) is 0. The van der Waals surface area contributed by atoms with Crippen LogP contribution in [0.3, 0.4) is 0 Å². The lowest BCUT2D eigenvalue weighted by molar-refractivity contribution is -0.122. The molecule has 0 aliphatic heterocycles. The van der Waals surface area contributed by atoms with Gasteiger partial charge in [0.1, 0.15) is 0 Å². The first-order valence-corrected chi connectivity index (χ1v) is 8.49. The molecule has 1 aliphatic rings. The first kappa shape index (κ1) is 15.6. The number of carbonyl (C=O) groups is 1. The lowest BCUT2D eigenvalue weighted by atomic mass is 9.82. The highest BCUT2D eigenvalue weighted by molar-refractivity contribution is 9.09. The maximum atomic E-state index is 12.4. The molecule has 3 heteroatoms. The third-order valence-electron chi connectivity index (χ3n) is 3.91. The zero-order valence-electron chi connectivity index (χ0n) is 12.4. The second-order valence-electron chi connectivity index (χ2n) is 6.12. The average molecular weight is 338 g/mol. The van der Waals surface area contributed by atoms with E-state index < -0.39 is 0 Å². The Labute approximate surface area is 130 Å². The zero-order valence-corrected chi connectivity index (χ0v) is 13.9. The van der Waals surface area contributed by atoms with Crippen molar-refractivity contribution in [2.75, 3.05) is 6.54 Å². The van der Waals surface area contributed by atoms with Gasteiger partial charge in [-0.2, -0.15) is 0 Å². The molecule has 0 spiro atoms. The normalized spacial score (nSPS) is 19.5. The van der Waals surface area contributed by atoms with Gasteiger partial charge >= 0.3 is 0 Å². The highest BCUT2D eigenvalue weighted by Gasteiger charge is 2.26. The van der Waals surface area contributed by atoms with Crippen molar-refractivity contribution in [1.82, 2.24) is 5.32 Å². The molecule has 0 fully saturated rings. The van der Waals surface area contributed by atoms with Crippen LogP contribution < -0.4 is 5.32 Å². The Kier molecular flexibility index (Phi) is 5.64. The van der Waals surface area contributed by atoms with Gasteiger partial charge in [-0.1, -0.05) is 54.0 Å². The molecule has 1 N–H and O–H groups in total. The van der Waals surface area contributed by atoms with Gasteiger partial charge in [0.25, 0.3) is 0 Å². The molecule has 2 rings (SSSR count). The summed E-state index contributed by atoms with van der Waals surface area (Å²) in [5.74, 6) is 0.871. The molecule has 0 radical (unpaired) electrons. The number of amides is 1. The summed E-state index contributed by atoms with van der Waals surface area (Å²) in [5.41, 5.74) is 2.57. The third-order valence-corrected chi connectivity index (χ3v) is 4.61. The van der Waals surface area contributed by atoms with E-state index in [1.165, 1.54) is 11.1 Å². The Morgan fingerprint density at radius 2 is 2.15 bits per heavy atom. The average Bonchev–Trinajstić information content (AvgIpc) is 2.43. The molecule has 0 aromatic heterocycles. The smallest absolute Gasteiger partial charge is 0.227 e. The predicted molar refractivity (Wildman–Crippen MR) is 87.3 cm³/mol. The molecule has 0 heterocycles. The Balaban J connectivity index is 1.94. The van der Waals surface area contributed by atoms with Crippen molar-refractivity contribution in [3.63, 3.8) is 0 Å². The monoisotopic (exact) mass is 337 g/mol.